The summed E-state index contributed by atoms with van der Waals surface area (Å²) in [5.74, 6) is 0. The van der Waals surface area contributed by atoms with Crippen LogP contribution in [0.3, 0.4) is 0 Å². The lowest BCUT2D eigenvalue weighted by atomic mass is 10.4. The SMILES string of the molecule is C[N+](C)(CCF)CCF. The Bertz CT molecular complexity index is 65.5. The molecule has 0 aliphatic carbocycles. The van der Waals surface area contributed by atoms with Gasteiger partial charge in [0.25, 0.3) is 0 Å². The van der Waals surface area contributed by atoms with Crippen molar-refractivity contribution in [1.82, 2.24) is 0 Å². The molecule has 9 heavy (non-hydrogen) atoms. The van der Waals surface area contributed by atoms with Gasteiger partial charge in [0, 0.05) is 0 Å². The predicted octanol–water partition coefficient (Wildman–Crippen LogP) is 1.00. The Balaban J connectivity index is 3.43. The smallest absolute Gasteiger partial charge is 0.138 e. The molecule has 0 spiro atoms. The second-order valence-corrected chi connectivity index (χ2v) is 2.76. The van der Waals surface area contributed by atoms with Crippen molar-refractivity contribution in [1.29, 1.82) is 0 Å². The van der Waals surface area contributed by atoms with E-state index in [1.165, 1.54) is 0 Å². The van der Waals surface area contributed by atoms with E-state index in [2.05, 4.69) is 0 Å². The van der Waals surface area contributed by atoms with Gasteiger partial charge in [-0.05, 0) is 0 Å². The topological polar surface area (TPSA) is 0 Å². The summed E-state index contributed by atoms with van der Waals surface area (Å²) < 4.78 is 23.8. The van der Waals surface area contributed by atoms with Crippen LogP contribution < -0.4 is 0 Å². The highest BCUT2D eigenvalue weighted by Crippen LogP contribution is 1.95. The van der Waals surface area contributed by atoms with Crippen LogP contribution >= 0.6 is 0 Å². The van der Waals surface area contributed by atoms with Gasteiger partial charge in [0.2, 0.25) is 0 Å². The van der Waals surface area contributed by atoms with Crippen molar-refractivity contribution in [3.63, 3.8) is 0 Å². The maximum absolute atomic E-state index is 11.7. The van der Waals surface area contributed by atoms with Crippen LogP contribution in [0.4, 0.5) is 8.78 Å². The molecule has 0 fully saturated rings. The molecule has 3 heteroatoms. The first-order valence-electron chi connectivity index (χ1n) is 3.06. The lowest BCUT2D eigenvalue weighted by Gasteiger charge is -2.26. The minimum absolute atomic E-state index is 0.368. The Hall–Kier alpha value is -0.180. The first-order valence-corrected chi connectivity index (χ1v) is 3.06. The molecule has 0 heterocycles. The van der Waals surface area contributed by atoms with Crippen molar-refractivity contribution < 1.29 is 13.3 Å². The molecule has 0 amide bonds. The van der Waals surface area contributed by atoms with Gasteiger partial charge < -0.3 is 4.48 Å². The van der Waals surface area contributed by atoms with Crippen molar-refractivity contribution in [3.05, 3.63) is 0 Å². The van der Waals surface area contributed by atoms with Gasteiger partial charge in [0.15, 0.2) is 0 Å². The molecule has 0 radical (unpaired) electrons. The summed E-state index contributed by atoms with van der Waals surface area (Å²) >= 11 is 0. The quantitative estimate of drug-likeness (QED) is 0.508. The largest absolute Gasteiger partial charge is 0.324 e. The molecule has 0 aliphatic rings. The number of halogens is 2. The van der Waals surface area contributed by atoms with Crippen molar-refractivity contribution in [2.75, 3.05) is 40.5 Å². The molecule has 0 unspecified atom stereocenters. The zero-order valence-electron chi connectivity index (χ0n) is 6.03. The van der Waals surface area contributed by atoms with E-state index in [-0.39, 0.29) is 13.3 Å². The number of hydrogen-bond donors (Lipinski definition) is 0. The monoisotopic (exact) mass is 138 g/mol. The van der Waals surface area contributed by atoms with E-state index in [1.807, 2.05) is 14.1 Å². The highest BCUT2D eigenvalue weighted by atomic mass is 19.1. The fraction of sp³-hybridized carbons (Fsp3) is 1.00. The highest BCUT2D eigenvalue weighted by molar-refractivity contribution is 4.30. The van der Waals surface area contributed by atoms with E-state index in [0.717, 1.165) is 0 Å². The number of alkyl halides is 2. The number of quaternary nitrogens is 1. The van der Waals surface area contributed by atoms with Crippen LogP contribution in [0.25, 0.3) is 0 Å². The molecule has 0 aliphatic heterocycles. The third kappa shape index (κ3) is 4.33. The van der Waals surface area contributed by atoms with Gasteiger partial charge in [0.1, 0.15) is 26.4 Å². The molecule has 0 N–H and O–H groups in total. The fourth-order valence-corrected chi connectivity index (χ4v) is 0.569. The maximum Gasteiger partial charge on any atom is 0.138 e. The van der Waals surface area contributed by atoms with Gasteiger partial charge in [0.05, 0.1) is 14.1 Å². The predicted molar refractivity (Wildman–Crippen MR) is 33.8 cm³/mol. The normalized spacial score (nSPS) is 12.0. The maximum atomic E-state index is 11.7. The standard InChI is InChI=1S/C6H14F2N/c1-9(2,5-3-7)6-4-8/h3-6H2,1-2H3/q+1. The van der Waals surface area contributed by atoms with E-state index >= 15 is 0 Å². The van der Waals surface area contributed by atoms with E-state index < -0.39 is 0 Å². The molecule has 0 aromatic rings. The summed E-state index contributed by atoms with van der Waals surface area (Å²) in [5, 5.41) is 0. The Kier molecular flexibility index (Phi) is 3.70. The first kappa shape index (κ1) is 8.82. The lowest BCUT2D eigenvalue weighted by molar-refractivity contribution is -0.889. The molecule has 0 rings (SSSR count). The van der Waals surface area contributed by atoms with Crippen LogP contribution in [0.15, 0.2) is 0 Å². The van der Waals surface area contributed by atoms with Crippen molar-refractivity contribution in [2.45, 2.75) is 0 Å². The molecule has 0 aromatic heterocycles. The summed E-state index contributed by atoms with van der Waals surface area (Å²) in [6.07, 6.45) is 0. The van der Waals surface area contributed by atoms with Crippen LogP contribution in [0.2, 0.25) is 0 Å². The average molecular weight is 138 g/mol. The molecule has 0 saturated carbocycles. The van der Waals surface area contributed by atoms with Crippen LogP contribution in [0, 0.1) is 0 Å². The zero-order valence-corrected chi connectivity index (χ0v) is 6.03. The zero-order chi connectivity index (χ0) is 7.33. The van der Waals surface area contributed by atoms with Crippen LogP contribution in [0.5, 0.6) is 0 Å². The summed E-state index contributed by atoms with van der Waals surface area (Å²) in [7, 11) is 3.64. The van der Waals surface area contributed by atoms with E-state index in [1.54, 1.807) is 0 Å². The second kappa shape index (κ2) is 3.77. The molecule has 0 saturated heterocycles. The summed E-state index contributed by atoms with van der Waals surface area (Å²) in [5.41, 5.74) is 0. The van der Waals surface area contributed by atoms with Gasteiger partial charge >= 0.3 is 0 Å². The van der Waals surface area contributed by atoms with Crippen molar-refractivity contribution >= 4 is 0 Å². The molecule has 0 aromatic carbocycles. The minimum atomic E-state index is -0.368. The summed E-state index contributed by atoms with van der Waals surface area (Å²) in [4.78, 5) is 0. The Labute approximate surface area is 54.9 Å². The van der Waals surface area contributed by atoms with Gasteiger partial charge in [-0.1, -0.05) is 0 Å². The molecular formula is C6H14F2N+. The lowest BCUT2D eigenvalue weighted by Crippen LogP contribution is -2.42. The second-order valence-electron chi connectivity index (χ2n) is 2.76. The van der Waals surface area contributed by atoms with Gasteiger partial charge in [-0.15, -0.1) is 0 Å². The summed E-state index contributed by atoms with van der Waals surface area (Å²) in [6, 6.07) is 0. The van der Waals surface area contributed by atoms with E-state index in [0.29, 0.717) is 17.6 Å². The van der Waals surface area contributed by atoms with Crippen molar-refractivity contribution in [2.24, 2.45) is 0 Å². The summed E-state index contributed by atoms with van der Waals surface area (Å²) in [6.45, 7) is 0.0772. The Morgan fingerprint density at radius 3 is 1.56 bits per heavy atom. The van der Waals surface area contributed by atoms with Crippen LogP contribution in [-0.4, -0.2) is 45.0 Å². The fourth-order valence-electron chi connectivity index (χ4n) is 0.569. The molecule has 56 valence electrons. The average Bonchev–Trinajstić information content (AvgIpc) is 1.64. The number of nitrogens with zero attached hydrogens (tertiary/aromatic N) is 1. The molecule has 0 atom stereocenters. The number of rotatable bonds is 4. The molecular weight excluding hydrogens is 124 g/mol. The Morgan fingerprint density at radius 2 is 1.33 bits per heavy atom. The van der Waals surface area contributed by atoms with E-state index in [4.69, 9.17) is 0 Å². The van der Waals surface area contributed by atoms with Crippen molar-refractivity contribution in [3.8, 4) is 0 Å². The van der Waals surface area contributed by atoms with Crippen LogP contribution in [-0.2, 0) is 0 Å². The highest BCUT2D eigenvalue weighted by Gasteiger charge is 2.12. The number of hydrogen-bond acceptors (Lipinski definition) is 0. The minimum Gasteiger partial charge on any atom is -0.324 e. The molecule has 1 nitrogen and oxygen atoms in total. The molecule has 0 bridgehead atoms. The van der Waals surface area contributed by atoms with Crippen LogP contribution in [0.1, 0.15) is 0 Å². The third-order valence-corrected chi connectivity index (χ3v) is 1.38. The van der Waals surface area contributed by atoms with Gasteiger partial charge in [-0.3, -0.25) is 0 Å². The Morgan fingerprint density at radius 1 is 1.00 bits per heavy atom. The van der Waals surface area contributed by atoms with Gasteiger partial charge in [-0.25, -0.2) is 8.78 Å². The van der Waals surface area contributed by atoms with E-state index in [9.17, 15) is 8.78 Å². The first-order chi connectivity index (χ1) is 4.12. The third-order valence-electron chi connectivity index (χ3n) is 1.38. The van der Waals surface area contributed by atoms with Gasteiger partial charge in [-0.2, -0.15) is 0 Å².